The van der Waals surface area contributed by atoms with Crippen LogP contribution in [0.25, 0.3) is 5.57 Å². The first kappa shape index (κ1) is 24.3. The van der Waals surface area contributed by atoms with Gasteiger partial charge in [-0.05, 0) is 24.6 Å². The maximum Gasteiger partial charge on any atom is 0.282 e. The largest absolute Gasteiger partial charge is 0.497 e. The average Bonchev–Trinajstić information content (AvgIpc) is 3.09. The lowest BCUT2D eigenvalue weighted by Gasteiger charge is -2.26. The van der Waals surface area contributed by atoms with Crippen LogP contribution in [0.5, 0.6) is 11.5 Å². The van der Waals surface area contributed by atoms with Crippen LogP contribution in [-0.2, 0) is 19.1 Å². The molecule has 176 valence electrons. The van der Waals surface area contributed by atoms with Gasteiger partial charge in [0.15, 0.2) is 0 Å². The van der Waals surface area contributed by atoms with Crippen LogP contribution in [0.3, 0.4) is 0 Å². The SMILES string of the molecule is COCCN(CCOC)C1=C(c2ccc(C)cc2)C(=O)N(c2cc(OC)ccc2OC)C1=O. The van der Waals surface area contributed by atoms with Gasteiger partial charge in [0.25, 0.3) is 11.8 Å². The number of nitrogens with zero attached hydrogens (tertiary/aromatic N) is 2. The van der Waals surface area contributed by atoms with E-state index in [0.29, 0.717) is 60.3 Å². The standard InChI is InChI=1S/C25H30N2O6/c1-17-6-8-18(9-7-17)22-23(26(12-14-30-2)13-15-31-3)25(29)27(24(22)28)20-16-19(32-4)10-11-21(20)33-5/h6-11,16H,12-15H2,1-5H3. The third-order valence-corrected chi connectivity index (χ3v) is 5.47. The fourth-order valence-electron chi connectivity index (χ4n) is 3.72. The Bertz CT molecular complexity index is 1020. The van der Waals surface area contributed by atoms with Gasteiger partial charge in [0.2, 0.25) is 0 Å². The van der Waals surface area contributed by atoms with Gasteiger partial charge in [-0.3, -0.25) is 9.59 Å². The van der Waals surface area contributed by atoms with Crippen molar-refractivity contribution in [2.45, 2.75) is 6.92 Å². The lowest BCUT2D eigenvalue weighted by molar-refractivity contribution is -0.120. The zero-order valence-corrected chi connectivity index (χ0v) is 19.7. The summed E-state index contributed by atoms with van der Waals surface area (Å²) in [5.41, 5.74) is 2.68. The number of carbonyl (C=O) groups excluding carboxylic acids is 2. The van der Waals surface area contributed by atoms with Crippen molar-refractivity contribution in [3.63, 3.8) is 0 Å². The zero-order valence-electron chi connectivity index (χ0n) is 19.7. The molecule has 0 N–H and O–H groups in total. The van der Waals surface area contributed by atoms with Crippen LogP contribution in [0.2, 0.25) is 0 Å². The average molecular weight is 455 g/mol. The molecule has 0 atom stereocenters. The van der Waals surface area contributed by atoms with Crippen molar-refractivity contribution in [3.8, 4) is 11.5 Å². The molecule has 2 amide bonds. The first-order valence-electron chi connectivity index (χ1n) is 10.6. The van der Waals surface area contributed by atoms with Gasteiger partial charge >= 0.3 is 0 Å². The highest BCUT2D eigenvalue weighted by molar-refractivity contribution is 6.45. The van der Waals surface area contributed by atoms with E-state index in [1.807, 2.05) is 36.1 Å². The summed E-state index contributed by atoms with van der Waals surface area (Å²) in [6, 6.07) is 12.6. The van der Waals surface area contributed by atoms with E-state index in [1.165, 1.54) is 14.2 Å². The van der Waals surface area contributed by atoms with Gasteiger partial charge in [0, 0.05) is 33.4 Å². The number of hydrogen-bond donors (Lipinski definition) is 0. The summed E-state index contributed by atoms with van der Waals surface area (Å²) < 4.78 is 21.3. The van der Waals surface area contributed by atoms with Gasteiger partial charge in [-0.1, -0.05) is 29.8 Å². The number of rotatable bonds is 11. The molecule has 1 aliphatic rings. The van der Waals surface area contributed by atoms with Crippen LogP contribution in [0, 0.1) is 6.92 Å². The number of benzene rings is 2. The quantitative estimate of drug-likeness (QED) is 0.483. The number of aryl methyl sites for hydroxylation is 1. The lowest BCUT2D eigenvalue weighted by atomic mass is 10.0. The van der Waals surface area contributed by atoms with Gasteiger partial charge in [-0.25, -0.2) is 4.90 Å². The monoisotopic (exact) mass is 454 g/mol. The molecule has 0 fully saturated rings. The second-order valence-corrected chi connectivity index (χ2v) is 7.55. The highest BCUT2D eigenvalue weighted by Gasteiger charge is 2.43. The fraction of sp³-hybridized carbons (Fsp3) is 0.360. The molecule has 2 aromatic carbocycles. The number of hydrogen-bond acceptors (Lipinski definition) is 7. The molecule has 0 saturated carbocycles. The third-order valence-electron chi connectivity index (χ3n) is 5.47. The molecule has 1 heterocycles. The minimum atomic E-state index is -0.436. The Labute approximate surface area is 194 Å². The first-order valence-corrected chi connectivity index (χ1v) is 10.6. The Balaban J connectivity index is 2.17. The molecule has 0 aromatic heterocycles. The maximum absolute atomic E-state index is 13.8. The second kappa shape index (κ2) is 11.0. The summed E-state index contributed by atoms with van der Waals surface area (Å²) in [6.07, 6.45) is 0. The van der Waals surface area contributed by atoms with Crippen LogP contribution in [-0.4, -0.2) is 71.5 Å². The Kier molecular flexibility index (Phi) is 8.08. The van der Waals surface area contributed by atoms with E-state index in [0.717, 1.165) is 10.5 Å². The van der Waals surface area contributed by atoms with Crippen molar-refractivity contribution in [1.29, 1.82) is 0 Å². The summed E-state index contributed by atoms with van der Waals surface area (Å²) >= 11 is 0. The van der Waals surface area contributed by atoms with Gasteiger partial charge in [-0.15, -0.1) is 0 Å². The van der Waals surface area contributed by atoms with Crippen molar-refractivity contribution in [3.05, 3.63) is 59.3 Å². The molecule has 1 aliphatic heterocycles. The number of amides is 2. The van der Waals surface area contributed by atoms with E-state index >= 15 is 0 Å². The number of ether oxygens (including phenoxy) is 4. The van der Waals surface area contributed by atoms with Gasteiger partial charge < -0.3 is 23.8 Å². The molecule has 0 saturated heterocycles. The van der Waals surface area contributed by atoms with E-state index in [-0.39, 0.29) is 0 Å². The molecular weight excluding hydrogens is 424 g/mol. The summed E-state index contributed by atoms with van der Waals surface area (Å²) in [6.45, 7) is 3.59. The molecule has 0 aliphatic carbocycles. The highest BCUT2D eigenvalue weighted by atomic mass is 16.5. The van der Waals surface area contributed by atoms with Gasteiger partial charge in [-0.2, -0.15) is 0 Å². The van der Waals surface area contributed by atoms with E-state index < -0.39 is 11.8 Å². The Morgan fingerprint density at radius 3 is 2.00 bits per heavy atom. The van der Waals surface area contributed by atoms with Crippen LogP contribution in [0.1, 0.15) is 11.1 Å². The molecule has 0 unspecified atom stereocenters. The van der Waals surface area contributed by atoms with Gasteiger partial charge in [0.05, 0.1) is 38.7 Å². The van der Waals surface area contributed by atoms with Crippen LogP contribution in [0.15, 0.2) is 48.2 Å². The minimum Gasteiger partial charge on any atom is -0.497 e. The second-order valence-electron chi connectivity index (χ2n) is 7.55. The molecular formula is C25H30N2O6. The molecule has 8 nitrogen and oxygen atoms in total. The fourth-order valence-corrected chi connectivity index (χ4v) is 3.72. The molecule has 0 bridgehead atoms. The maximum atomic E-state index is 13.8. The topological polar surface area (TPSA) is 77.5 Å². The molecule has 0 spiro atoms. The molecule has 8 heteroatoms. The minimum absolute atomic E-state index is 0.308. The predicted octanol–water partition coefficient (Wildman–Crippen LogP) is 2.89. The Hall–Kier alpha value is -3.36. The Morgan fingerprint density at radius 1 is 0.818 bits per heavy atom. The van der Waals surface area contributed by atoms with Gasteiger partial charge in [0.1, 0.15) is 17.2 Å². The number of anilines is 1. The smallest absolute Gasteiger partial charge is 0.282 e. The third kappa shape index (κ3) is 5.02. The number of carbonyl (C=O) groups is 2. The van der Waals surface area contributed by atoms with E-state index in [4.69, 9.17) is 18.9 Å². The van der Waals surface area contributed by atoms with Crippen molar-refractivity contribution in [2.75, 3.05) is 59.6 Å². The van der Waals surface area contributed by atoms with Crippen LogP contribution in [0.4, 0.5) is 5.69 Å². The zero-order chi connectivity index (χ0) is 24.0. The number of imide groups is 1. The van der Waals surface area contributed by atoms with Crippen molar-refractivity contribution in [1.82, 2.24) is 4.90 Å². The van der Waals surface area contributed by atoms with Crippen molar-refractivity contribution in [2.24, 2.45) is 0 Å². The first-order chi connectivity index (χ1) is 16.0. The molecule has 2 aromatic rings. The molecule has 0 radical (unpaired) electrons. The summed E-state index contributed by atoms with van der Waals surface area (Å²) in [5.74, 6) is 0.0364. The van der Waals surface area contributed by atoms with E-state index in [2.05, 4.69) is 0 Å². The predicted molar refractivity (Wildman–Crippen MR) is 125 cm³/mol. The lowest BCUT2D eigenvalue weighted by Crippen LogP contribution is -2.37. The summed E-state index contributed by atoms with van der Waals surface area (Å²) in [4.78, 5) is 30.6. The summed E-state index contributed by atoms with van der Waals surface area (Å²) in [7, 11) is 6.21. The van der Waals surface area contributed by atoms with E-state index in [1.54, 1.807) is 32.4 Å². The van der Waals surface area contributed by atoms with Crippen LogP contribution < -0.4 is 14.4 Å². The normalized spacial score (nSPS) is 13.7. The molecule has 3 rings (SSSR count). The summed E-state index contributed by atoms with van der Waals surface area (Å²) in [5, 5.41) is 0. The Morgan fingerprint density at radius 2 is 1.45 bits per heavy atom. The number of methoxy groups -OCH3 is 4. The van der Waals surface area contributed by atoms with E-state index in [9.17, 15) is 9.59 Å². The van der Waals surface area contributed by atoms with Crippen LogP contribution >= 0.6 is 0 Å². The van der Waals surface area contributed by atoms with Crippen molar-refractivity contribution < 1.29 is 28.5 Å². The van der Waals surface area contributed by atoms with Crippen molar-refractivity contribution >= 4 is 23.1 Å². The molecule has 33 heavy (non-hydrogen) atoms. The highest BCUT2D eigenvalue weighted by Crippen LogP contribution is 2.40.